The van der Waals surface area contributed by atoms with Gasteiger partial charge in [-0.2, -0.15) is 0 Å². The first kappa shape index (κ1) is 16.2. The van der Waals surface area contributed by atoms with E-state index >= 15 is 0 Å². The molecule has 2 heterocycles. The number of nitrogens with one attached hydrogen (secondary N) is 1. The van der Waals surface area contributed by atoms with Crippen molar-refractivity contribution in [2.45, 2.75) is 51.2 Å². The number of ether oxygens (including phenoxy) is 2. The molecular formula is C16H32N2O2. The predicted octanol–water partition coefficient (Wildman–Crippen LogP) is 1.89. The Morgan fingerprint density at radius 3 is 2.60 bits per heavy atom. The van der Waals surface area contributed by atoms with Gasteiger partial charge >= 0.3 is 0 Å². The molecule has 4 nitrogen and oxygen atoms in total. The molecule has 2 fully saturated rings. The summed E-state index contributed by atoms with van der Waals surface area (Å²) in [6.45, 7) is 11.0. The summed E-state index contributed by atoms with van der Waals surface area (Å²) in [5, 5.41) is 3.49. The minimum Gasteiger partial charge on any atom is -0.383 e. The zero-order valence-corrected chi connectivity index (χ0v) is 13.5. The SMILES string of the molecule is COCCNCC1CCN(CC2CCC(C)(C)O2)CC1. The van der Waals surface area contributed by atoms with Gasteiger partial charge in [0.1, 0.15) is 0 Å². The van der Waals surface area contributed by atoms with Crippen LogP contribution >= 0.6 is 0 Å². The number of methoxy groups -OCH3 is 1. The van der Waals surface area contributed by atoms with Gasteiger partial charge in [-0.05, 0) is 65.1 Å². The standard InChI is InChI=1S/C16H32N2O2/c1-16(2)7-4-15(20-16)13-18-9-5-14(6-10-18)12-17-8-11-19-3/h14-15,17H,4-13H2,1-3H3. The monoisotopic (exact) mass is 284 g/mol. The molecule has 0 bridgehead atoms. The van der Waals surface area contributed by atoms with Gasteiger partial charge in [0.25, 0.3) is 0 Å². The third-order valence-corrected chi connectivity index (χ3v) is 4.64. The molecule has 0 aromatic heterocycles. The highest BCUT2D eigenvalue weighted by molar-refractivity contribution is 4.84. The van der Waals surface area contributed by atoms with Crippen LogP contribution in [0, 0.1) is 5.92 Å². The van der Waals surface area contributed by atoms with Crippen molar-refractivity contribution in [1.29, 1.82) is 0 Å². The van der Waals surface area contributed by atoms with E-state index in [0.717, 1.165) is 32.2 Å². The molecule has 1 unspecified atom stereocenters. The van der Waals surface area contributed by atoms with Crippen LogP contribution in [0.25, 0.3) is 0 Å². The Morgan fingerprint density at radius 1 is 1.25 bits per heavy atom. The molecule has 1 atom stereocenters. The van der Waals surface area contributed by atoms with Gasteiger partial charge in [-0.3, -0.25) is 0 Å². The van der Waals surface area contributed by atoms with Crippen molar-refractivity contribution in [2.75, 3.05) is 46.4 Å². The van der Waals surface area contributed by atoms with E-state index in [1.54, 1.807) is 7.11 Å². The Labute approximate surface area is 124 Å². The van der Waals surface area contributed by atoms with Gasteiger partial charge in [0, 0.05) is 20.2 Å². The van der Waals surface area contributed by atoms with Crippen LogP contribution in [0.1, 0.15) is 39.5 Å². The lowest BCUT2D eigenvalue weighted by Crippen LogP contribution is -2.41. The third kappa shape index (κ3) is 5.32. The summed E-state index contributed by atoms with van der Waals surface area (Å²) in [6.07, 6.45) is 5.52. The van der Waals surface area contributed by atoms with Crippen LogP contribution in [0.3, 0.4) is 0 Å². The van der Waals surface area contributed by atoms with E-state index in [-0.39, 0.29) is 5.60 Å². The molecular weight excluding hydrogens is 252 g/mol. The Balaban J connectivity index is 1.57. The molecule has 0 spiro atoms. The summed E-state index contributed by atoms with van der Waals surface area (Å²) in [4.78, 5) is 2.59. The molecule has 118 valence electrons. The van der Waals surface area contributed by atoms with E-state index in [1.807, 2.05) is 0 Å². The second-order valence-corrected chi connectivity index (χ2v) is 6.98. The first-order valence-electron chi connectivity index (χ1n) is 8.19. The summed E-state index contributed by atoms with van der Waals surface area (Å²) in [5.41, 5.74) is 0.105. The fourth-order valence-corrected chi connectivity index (χ4v) is 3.35. The Bertz CT molecular complexity index is 276. The maximum Gasteiger partial charge on any atom is 0.0710 e. The van der Waals surface area contributed by atoms with Crippen molar-refractivity contribution in [3.8, 4) is 0 Å². The minimum absolute atomic E-state index is 0.105. The van der Waals surface area contributed by atoms with Crippen molar-refractivity contribution in [3.05, 3.63) is 0 Å². The Hall–Kier alpha value is -0.160. The van der Waals surface area contributed by atoms with Gasteiger partial charge in [-0.25, -0.2) is 0 Å². The van der Waals surface area contributed by atoms with Crippen LogP contribution in [0.4, 0.5) is 0 Å². The van der Waals surface area contributed by atoms with E-state index in [9.17, 15) is 0 Å². The maximum atomic E-state index is 6.10. The molecule has 2 saturated heterocycles. The zero-order chi connectivity index (χ0) is 14.4. The maximum absolute atomic E-state index is 6.10. The number of nitrogens with zero attached hydrogens (tertiary/aromatic N) is 1. The molecule has 0 saturated carbocycles. The molecule has 0 radical (unpaired) electrons. The van der Waals surface area contributed by atoms with Gasteiger partial charge in [0.15, 0.2) is 0 Å². The second kappa shape index (κ2) is 7.74. The average Bonchev–Trinajstić information content (AvgIpc) is 2.76. The van der Waals surface area contributed by atoms with Gasteiger partial charge in [-0.1, -0.05) is 0 Å². The molecule has 1 N–H and O–H groups in total. The third-order valence-electron chi connectivity index (χ3n) is 4.64. The molecule has 4 heteroatoms. The minimum atomic E-state index is 0.105. The van der Waals surface area contributed by atoms with Gasteiger partial charge in [0.2, 0.25) is 0 Å². The van der Waals surface area contributed by atoms with Gasteiger partial charge < -0.3 is 19.7 Å². The highest BCUT2D eigenvalue weighted by atomic mass is 16.5. The lowest BCUT2D eigenvalue weighted by molar-refractivity contribution is -0.0319. The van der Waals surface area contributed by atoms with Crippen LogP contribution < -0.4 is 5.32 Å². The van der Waals surface area contributed by atoms with Crippen molar-refractivity contribution in [2.24, 2.45) is 5.92 Å². The number of likely N-dealkylation sites (tertiary alicyclic amines) is 1. The molecule has 2 aliphatic rings. The Morgan fingerprint density at radius 2 is 2.00 bits per heavy atom. The molecule has 2 rings (SSSR count). The highest BCUT2D eigenvalue weighted by Crippen LogP contribution is 2.30. The largest absolute Gasteiger partial charge is 0.383 e. The predicted molar refractivity (Wildman–Crippen MR) is 82.1 cm³/mol. The fourth-order valence-electron chi connectivity index (χ4n) is 3.35. The normalized spacial score (nSPS) is 28.1. The van der Waals surface area contributed by atoms with Crippen LogP contribution in [0.15, 0.2) is 0 Å². The van der Waals surface area contributed by atoms with Gasteiger partial charge in [-0.15, -0.1) is 0 Å². The quantitative estimate of drug-likeness (QED) is 0.724. The van der Waals surface area contributed by atoms with Crippen molar-refractivity contribution < 1.29 is 9.47 Å². The summed E-state index contributed by atoms with van der Waals surface area (Å²) in [6, 6.07) is 0. The fraction of sp³-hybridized carbons (Fsp3) is 1.00. The van der Waals surface area contributed by atoms with E-state index in [2.05, 4.69) is 24.1 Å². The second-order valence-electron chi connectivity index (χ2n) is 6.98. The lowest BCUT2D eigenvalue weighted by atomic mass is 9.96. The smallest absolute Gasteiger partial charge is 0.0710 e. The van der Waals surface area contributed by atoms with Crippen LogP contribution in [-0.2, 0) is 9.47 Å². The summed E-state index contributed by atoms with van der Waals surface area (Å²) < 4.78 is 11.2. The van der Waals surface area contributed by atoms with E-state index in [1.165, 1.54) is 38.8 Å². The molecule has 2 aliphatic heterocycles. The molecule has 0 aromatic carbocycles. The van der Waals surface area contributed by atoms with E-state index in [0.29, 0.717) is 6.10 Å². The summed E-state index contributed by atoms with van der Waals surface area (Å²) >= 11 is 0. The topological polar surface area (TPSA) is 33.7 Å². The average molecular weight is 284 g/mol. The van der Waals surface area contributed by atoms with Crippen molar-refractivity contribution >= 4 is 0 Å². The highest BCUT2D eigenvalue weighted by Gasteiger charge is 2.33. The molecule has 0 amide bonds. The number of hydrogen-bond acceptors (Lipinski definition) is 4. The van der Waals surface area contributed by atoms with Crippen molar-refractivity contribution in [1.82, 2.24) is 10.2 Å². The van der Waals surface area contributed by atoms with Crippen LogP contribution in [0.2, 0.25) is 0 Å². The summed E-state index contributed by atoms with van der Waals surface area (Å²) in [5.74, 6) is 0.837. The first-order valence-corrected chi connectivity index (χ1v) is 8.19. The lowest BCUT2D eigenvalue weighted by Gasteiger charge is -2.33. The summed E-state index contributed by atoms with van der Waals surface area (Å²) in [7, 11) is 1.76. The van der Waals surface area contributed by atoms with Gasteiger partial charge in [0.05, 0.1) is 18.3 Å². The Kier molecular flexibility index (Phi) is 6.27. The number of rotatable bonds is 7. The number of hydrogen-bond donors (Lipinski definition) is 1. The van der Waals surface area contributed by atoms with Crippen molar-refractivity contribution in [3.63, 3.8) is 0 Å². The van der Waals surface area contributed by atoms with Crippen LogP contribution in [0.5, 0.6) is 0 Å². The molecule has 0 aliphatic carbocycles. The van der Waals surface area contributed by atoms with Crippen LogP contribution in [-0.4, -0.2) is 63.0 Å². The number of piperidine rings is 1. The van der Waals surface area contributed by atoms with E-state index in [4.69, 9.17) is 9.47 Å². The molecule has 0 aromatic rings. The first-order chi connectivity index (χ1) is 9.59. The van der Waals surface area contributed by atoms with E-state index < -0.39 is 0 Å². The zero-order valence-electron chi connectivity index (χ0n) is 13.5. The molecule has 20 heavy (non-hydrogen) atoms.